The SMILES string of the molecule is CCNc1cc(N(CCOC)C(C)C)nc(CC)n1. The topological polar surface area (TPSA) is 50.3 Å². The molecule has 0 amide bonds. The third-order valence-corrected chi connectivity index (χ3v) is 2.89. The Morgan fingerprint density at radius 3 is 2.58 bits per heavy atom. The van der Waals surface area contributed by atoms with Gasteiger partial charge in [-0.25, -0.2) is 9.97 Å². The van der Waals surface area contributed by atoms with Crippen molar-refractivity contribution in [1.29, 1.82) is 0 Å². The highest BCUT2D eigenvalue weighted by Crippen LogP contribution is 2.18. The van der Waals surface area contributed by atoms with Crippen molar-refractivity contribution in [3.8, 4) is 0 Å². The van der Waals surface area contributed by atoms with E-state index in [4.69, 9.17) is 4.74 Å². The first-order valence-corrected chi connectivity index (χ1v) is 6.99. The highest BCUT2D eigenvalue weighted by Gasteiger charge is 2.14. The summed E-state index contributed by atoms with van der Waals surface area (Å²) < 4.78 is 5.18. The summed E-state index contributed by atoms with van der Waals surface area (Å²) in [5.74, 6) is 2.73. The standard InChI is InChI=1S/C14H26N4O/c1-6-12-16-13(15-7-2)10-14(17-12)18(11(3)4)8-9-19-5/h10-11H,6-9H2,1-5H3,(H,15,16,17). The molecule has 0 fully saturated rings. The van der Waals surface area contributed by atoms with E-state index in [2.05, 4.69) is 47.9 Å². The van der Waals surface area contributed by atoms with E-state index in [1.54, 1.807) is 7.11 Å². The van der Waals surface area contributed by atoms with Crippen LogP contribution in [0.1, 0.15) is 33.5 Å². The summed E-state index contributed by atoms with van der Waals surface area (Å²) in [6, 6.07) is 2.39. The molecular formula is C14H26N4O. The molecule has 0 bridgehead atoms. The molecule has 1 aromatic heterocycles. The molecule has 1 aromatic rings. The molecule has 0 saturated carbocycles. The van der Waals surface area contributed by atoms with Crippen molar-refractivity contribution in [3.05, 3.63) is 11.9 Å². The van der Waals surface area contributed by atoms with Gasteiger partial charge in [0, 0.05) is 38.7 Å². The second-order valence-electron chi connectivity index (χ2n) is 4.69. The third-order valence-electron chi connectivity index (χ3n) is 2.89. The molecule has 0 saturated heterocycles. The van der Waals surface area contributed by atoms with E-state index in [0.717, 1.165) is 37.0 Å². The fraction of sp³-hybridized carbons (Fsp3) is 0.714. The number of ether oxygens (including phenoxy) is 1. The molecule has 1 N–H and O–H groups in total. The summed E-state index contributed by atoms with van der Waals surface area (Å²) in [7, 11) is 1.72. The number of nitrogens with zero attached hydrogens (tertiary/aromatic N) is 3. The van der Waals surface area contributed by atoms with Crippen molar-refractivity contribution in [3.63, 3.8) is 0 Å². The van der Waals surface area contributed by atoms with E-state index >= 15 is 0 Å². The van der Waals surface area contributed by atoms with Crippen LogP contribution in [-0.4, -0.2) is 42.8 Å². The average molecular weight is 266 g/mol. The van der Waals surface area contributed by atoms with E-state index in [1.807, 2.05) is 6.07 Å². The van der Waals surface area contributed by atoms with Gasteiger partial charge in [-0.2, -0.15) is 0 Å². The van der Waals surface area contributed by atoms with Crippen LogP contribution in [0, 0.1) is 0 Å². The highest BCUT2D eigenvalue weighted by atomic mass is 16.5. The van der Waals surface area contributed by atoms with Crippen LogP contribution in [0.2, 0.25) is 0 Å². The number of hydrogen-bond donors (Lipinski definition) is 1. The van der Waals surface area contributed by atoms with Gasteiger partial charge in [0.05, 0.1) is 6.61 Å². The Morgan fingerprint density at radius 2 is 2.05 bits per heavy atom. The van der Waals surface area contributed by atoms with Gasteiger partial charge in [0.15, 0.2) is 0 Å². The lowest BCUT2D eigenvalue weighted by atomic mass is 10.3. The van der Waals surface area contributed by atoms with Crippen molar-refractivity contribution >= 4 is 11.6 Å². The first-order chi connectivity index (χ1) is 9.12. The third kappa shape index (κ3) is 4.67. The predicted octanol–water partition coefficient (Wildman–Crippen LogP) is 2.33. The Bertz CT molecular complexity index is 382. The molecule has 0 aliphatic rings. The molecule has 0 spiro atoms. The Morgan fingerprint density at radius 1 is 1.32 bits per heavy atom. The molecule has 19 heavy (non-hydrogen) atoms. The van der Waals surface area contributed by atoms with E-state index in [0.29, 0.717) is 12.6 Å². The lowest BCUT2D eigenvalue weighted by Gasteiger charge is -2.28. The second-order valence-corrected chi connectivity index (χ2v) is 4.69. The summed E-state index contributed by atoms with van der Waals surface area (Å²) in [4.78, 5) is 11.4. The van der Waals surface area contributed by atoms with Crippen LogP contribution in [-0.2, 0) is 11.2 Å². The molecule has 5 nitrogen and oxygen atoms in total. The van der Waals surface area contributed by atoms with E-state index in [9.17, 15) is 0 Å². The lowest BCUT2D eigenvalue weighted by molar-refractivity contribution is 0.203. The number of nitrogens with one attached hydrogen (secondary N) is 1. The quantitative estimate of drug-likeness (QED) is 0.782. The number of rotatable bonds is 8. The number of aryl methyl sites for hydroxylation is 1. The summed E-state index contributed by atoms with van der Waals surface area (Å²) in [6.45, 7) is 10.9. The molecule has 0 aliphatic heterocycles. The van der Waals surface area contributed by atoms with Crippen LogP contribution >= 0.6 is 0 Å². The van der Waals surface area contributed by atoms with E-state index in [-0.39, 0.29) is 0 Å². The smallest absolute Gasteiger partial charge is 0.134 e. The summed E-state index contributed by atoms with van der Waals surface area (Å²) in [5.41, 5.74) is 0. The number of methoxy groups -OCH3 is 1. The molecule has 0 aliphatic carbocycles. The highest BCUT2D eigenvalue weighted by molar-refractivity contribution is 5.50. The van der Waals surface area contributed by atoms with Gasteiger partial charge in [-0.15, -0.1) is 0 Å². The Labute approximate surface area is 116 Å². The Hall–Kier alpha value is -1.36. The average Bonchev–Trinajstić information content (AvgIpc) is 2.39. The number of aromatic nitrogens is 2. The second kappa shape index (κ2) is 7.94. The van der Waals surface area contributed by atoms with Gasteiger partial charge in [-0.3, -0.25) is 0 Å². The molecule has 1 rings (SSSR count). The van der Waals surface area contributed by atoms with Crippen LogP contribution < -0.4 is 10.2 Å². The molecule has 5 heteroatoms. The number of hydrogen-bond acceptors (Lipinski definition) is 5. The fourth-order valence-electron chi connectivity index (χ4n) is 1.89. The van der Waals surface area contributed by atoms with Crippen molar-refractivity contribution in [2.45, 2.75) is 40.2 Å². The van der Waals surface area contributed by atoms with Crippen LogP contribution in [0.15, 0.2) is 6.07 Å². The zero-order chi connectivity index (χ0) is 14.3. The largest absolute Gasteiger partial charge is 0.383 e. The van der Waals surface area contributed by atoms with Gasteiger partial charge >= 0.3 is 0 Å². The molecule has 108 valence electrons. The maximum atomic E-state index is 5.18. The zero-order valence-electron chi connectivity index (χ0n) is 12.7. The van der Waals surface area contributed by atoms with Gasteiger partial charge in [-0.05, 0) is 20.8 Å². The Kier molecular flexibility index (Phi) is 6.56. The van der Waals surface area contributed by atoms with Gasteiger partial charge < -0.3 is 15.0 Å². The molecule has 0 unspecified atom stereocenters. The summed E-state index contributed by atoms with van der Waals surface area (Å²) in [5, 5.41) is 3.26. The van der Waals surface area contributed by atoms with E-state index < -0.39 is 0 Å². The summed E-state index contributed by atoms with van der Waals surface area (Å²) >= 11 is 0. The van der Waals surface area contributed by atoms with Crippen molar-refractivity contribution in [2.24, 2.45) is 0 Å². The van der Waals surface area contributed by atoms with Crippen LogP contribution in [0.4, 0.5) is 11.6 Å². The minimum absolute atomic E-state index is 0.379. The normalized spacial score (nSPS) is 10.8. The van der Waals surface area contributed by atoms with Crippen LogP contribution in [0.3, 0.4) is 0 Å². The monoisotopic (exact) mass is 266 g/mol. The molecule has 0 atom stereocenters. The summed E-state index contributed by atoms with van der Waals surface area (Å²) in [6.07, 6.45) is 0.836. The van der Waals surface area contributed by atoms with Gasteiger partial charge in [-0.1, -0.05) is 6.92 Å². The molecule has 1 heterocycles. The first-order valence-electron chi connectivity index (χ1n) is 6.99. The lowest BCUT2D eigenvalue weighted by Crippen LogP contribution is -2.34. The zero-order valence-corrected chi connectivity index (χ0v) is 12.7. The van der Waals surface area contributed by atoms with Gasteiger partial charge in [0.1, 0.15) is 17.5 Å². The van der Waals surface area contributed by atoms with Gasteiger partial charge in [0.25, 0.3) is 0 Å². The number of anilines is 2. The van der Waals surface area contributed by atoms with Crippen molar-refractivity contribution in [2.75, 3.05) is 37.0 Å². The van der Waals surface area contributed by atoms with Gasteiger partial charge in [0.2, 0.25) is 0 Å². The van der Waals surface area contributed by atoms with Crippen LogP contribution in [0.5, 0.6) is 0 Å². The fourth-order valence-corrected chi connectivity index (χ4v) is 1.89. The first kappa shape index (κ1) is 15.7. The molecule has 0 aromatic carbocycles. The maximum absolute atomic E-state index is 5.18. The minimum Gasteiger partial charge on any atom is -0.383 e. The Balaban J connectivity index is 3.02. The van der Waals surface area contributed by atoms with Crippen molar-refractivity contribution < 1.29 is 4.74 Å². The maximum Gasteiger partial charge on any atom is 0.134 e. The van der Waals surface area contributed by atoms with Crippen LogP contribution in [0.25, 0.3) is 0 Å². The minimum atomic E-state index is 0.379. The molecule has 0 radical (unpaired) electrons. The van der Waals surface area contributed by atoms with E-state index in [1.165, 1.54) is 0 Å². The predicted molar refractivity (Wildman–Crippen MR) is 79.9 cm³/mol. The van der Waals surface area contributed by atoms with Crippen molar-refractivity contribution in [1.82, 2.24) is 9.97 Å². The molecular weight excluding hydrogens is 240 g/mol.